The van der Waals surface area contributed by atoms with Gasteiger partial charge in [-0.05, 0) is 71.8 Å². The van der Waals surface area contributed by atoms with Crippen LogP contribution in [0.25, 0.3) is 27.8 Å². The minimum Gasteiger partial charge on any atom is -0.497 e. The van der Waals surface area contributed by atoms with Crippen LogP contribution < -0.4 is 15.6 Å². The largest absolute Gasteiger partial charge is 0.497 e. The van der Waals surface area contributed by atoms with Crippen LogP contribution in [0.1, 0.15) is 21.5 Å². The van der Waals surface area contributed by atoms with Crippen LogP contribution in [-0.4, -0.2) is 32.1 Å². The van der Waals surface area contributed by atoms with Crippen LogP contribution in [0.2, 0.25) is 0 Å². The molecule has 0 saturated carbocycles. The highest BCUT2D eigenvalue weighted by Gasteiger charge is 2.20. The summed E-state index contributed by atoms with van der Waals surface area (Å²) in [6.45, 7) is 0. The number of aryl methyl sites for hydroxylation is 1. The number of carbonyl (C=O) groups excluding carboxylic acids is 1. The van der Waals surface area contributed by atoms with Crippen molar-refractivity contribution in [3.05, 3.63) is 124 Å². The Morgan fingerprint density at radius 3 is 2.49 bits per heavy atom. The predicted molar refractivity (Wildman–Crippen MR) is 152 cm³/mol. The van der Waals surface area contributed by atoms with E-state index >= 15 is 4.39 Å². The van der Waals surface area contributed by atoms with E-state index in [1.165, 1.54) is 47.3 Å². The van der Waals surface area contributed by atoms with Gasteiger partial charge in [0.1, 0.15) is 34.1 Å². The van der Waals surface area contributed by atoms with Gasteiger partial charge in [0.05, 0.1) is 24.6 Å². The average molecular weight is 552 g/mol. The lowest BCUT2D eigenvalue weighted by molar-refractivity contribution is 0.102. The number of carbonyl (C=O) groups is 1. The van der Waals surface area contributed by atoms with Crippen molar-refractivity contribution in [2.75, 3.05) is 12.4 Å². The standard InChI is InChI=1S/C31H23F2N5O3/c1-37-17-35-28-16-25(31(40)38(30(28)37)22-7-4-20(32)5-8-22)29(39)36-21-6-3-19(26(33)14-21)13-18-11-12-34-27-15-23(41-2)9-10-24(18)27/h3-12,14-17H,13H2,1-2H3,(H,36,39). The van der Waals surface area contributed by atoms with E-state index in [1.807, 2.05) is 24.3 Å². The number of aromatic nitrogens is 4. The maximum Gasteiger partial charge on any atom is 0.269 e. The fourth-order valence-corrected chi connectivity index (χ4v) is 4.86. The molecule has 10 heteroatoms. The Bertz CT molecular complexity index is 2020. The molecule has 0 atom stereocenters. The molecule has 0 fully saturated rings. The Kier molecular flexibility index (Phi) is 6.50. The Hall–Kier alpha value is -5.38. The molecule has 0 aliphatic heterocycles. The molecule has 3 heterocycles. The van der Waals surface area contributed by atoms with Gasteiger partial charge in [0.2, 0.25) is 0 Å². The van der Waals surface area contributed by atoms with E-state index in [0.29, 0.717) is 34.6 Å². The number of methoxy groups -OCH3 is 1. The lowest BCUT2D eigenvalue weighted by Gasteiger charge is -2.13. The molecular weight excluding hydrogens is 528 g/mol. The van der Waals surface area contributed by atoms with Gasteiger partial charge < -0.3 is 14.6 Å². The summed E-state index contributed by atoms with van der Waals surface area (Å²) < 4.78 is 37.0. The van der Waals surface area contributed by atoms with Crippen LogP contribution in [0.5, 0.6) is 5.75 Å². The van der Waals surface area contributed by atoms with Crippen LogP contribution in [0.3, 0.4) is 0 Å². The number of fused-ring (bicyclic) bond motifs is 2. The van der Waals surface area contributed by atoms with Gasteiger partial charge in [-0.2, -0.15) is 0 Å². The molecule has 1 N–H and O–H groups in total. The first-order chi connectivity index (χ1) is 19.8. The third kappa shape index (κ3) is 4.80. The highest BCUT2D eigenvalue weighted by Crippen LogP contribution is 2.26. The van der Waals surface area contributed by atoms with E-state index in [-0.39, 0.29) is 11.3 Å². The molecule has 1 amide bonds. The predicted octanol–water partition coefficient (Wildman–Crippen LogP) is 5.40. The summed E-state index contributed by atoms with van der Waals surface area (Å²) in [5.41, 5.74) is 2.64. The SMILES string of the molecule is COc1ccc2c(Cc3ccc(NC(=O)c4cc5ncn(C)c5n(-c5ccc(F)cc5)c4=O)cc3F)ccnc2c1. The highest BCUT2D eigenvalue weighted by molar-refractivity contribution is 6.05. The molecule has 6 rings (SSSR count). The molecule has 41 heavy (non-hydrogen) atoms. The molecule has 3 aromatic heterocycles. The summed E-state index contributed by atoms with van der Waals surface area (Å²) in [4.78, 5) is 35.4. The molecule has 3 aromatic carbocycles. The van der Waals surface area contributed by atoms with Crippen molar-refractivity contribution in [2.24, 2.45) is 7.05 Å². The molecule has 0 saturated heterocycles. The third-order valence-electron chi connectivity index (χ3n) is 6.92. The van der Waals surface area contributed by atoms with E-state index < -0.39 is 23.1 Å². The van der Waals surface area contributed by atoms with E-state index in [4.69, 9.17) is 4.74 Å². The topological polar surface area (TPSA) is 91.0 Å². The second-order valence-corrected chi connectivity index (χ2v) is 9.53. The van der Waals surface area contributed by atoms with E-state index in [1.54, 1.807) is 37.1 Å². The number of nitrogens with zero attached hydrogens (tertiary/aromatic N) is 4. The minimum absolute atomic E-state index is 0.189. The Morgan fingerprint density at radius 2 is 1.73 bits per heavy atom. The van der Waals surface area contributed by atoms with E-state index in [0.717, 1.165) is 16.5 Å². The summed E-state index contributed by atoms with van der Waals surface area (Å²) in [7, 11) is 3.29. The fraction of sp³-hybridized carbons (Fsp3) is 0.0968. The van der Waals surface area contributed by atoms with Gasteiger partial charge in [-0.25, -0.2) is 13.8 Å². The van der Waals surface area contributed by atoms with Crippen molar-refractivity contribution in [1.82, 2.24) is 19.1 Å². The summed E-state index contributed by atoms with van der Waals surface area (Å²) in [6, 6.07) is 18.5. The van der Waals surface area contributed by atoms with Crippen molar-refractivity contribution in [3.63, 3.8) is 0 Å². The van der Waals surface area contributed by atoms with Crippen LogP contribution in [0, 0.1) is 11.6 Å². The van der Waals surface area contributed by atoms with Gasteiger partial charge in [-0.3, -0.25) is 19.1 Å². The second-order valence-electron chi connectivity index (χ2n) is 9.53. The molecule has 8 nitrogen and oxygen atoms in total. The molecule has 204 valence electrons. The van der Waals surface area contributed by atoms with Crippen LogP contribution >= 0.6 is 0 Å². The number of rotatable bonds is 6. The number of amides is 1. The monoisotopic (exact) mass is 551 g/mol. The summed E-state index contributed by atoms with van der Waals surface area (Å²) in [5.74, 6) is -1.01. The van der Waals surface area contributed by atoms with Crippen molar-refractivity contribution in [2.45, 2.75) is 6.42 Å². The van der Waals surface area contributed by atoms with Crippen LogP contribution in [0.4, 0.5) is 14.5 Å². The number of hydrogen-bond donors (Lipinski definition) is 1. The van der Waals surface area contributed by atoms with Crippen molar-refractivity contribution in [1.29, 1.82) is 0 Å². The molecule has 0 unspecified atom stereocenters. The van der Waals surface area contributed by atoms with Crippen LogP contribution in [-0.2, 0) is 13.5 Å². The lowest BCUT2D eigenvalue weighted by Crippen LogP contribution is -2.29. The molecule has 0 radical (unpaired) electrons. The van der Waals surface area contributed by atoms with Crippen LogP contribution in [0.15, 0.2) is 90.1 Å². The van der Waals surface area contributed by atoms with Gasteiger partial charge >= 0.3 is 0 Å². The lowest BCUT2D eigenvalue weighted by atomic mass is 10.0. The molecule has 0 aliphatic carbocycles. The minimum atomic E-state index is -0.723. The Labute approximate surface area is 232 Å². The summed E-state index contributed by atoms with van der Waals surface area (Å²) in [5, 5.41) is 3.50. The summed E-state index contributed by atoms with van der Waals surface area (Å²) >= 11 is 0. The quantitative estimate of drug-likeness (QED) is 0.299. The van der Waals surface area contributed by atoms with Gasteiger partial charge in [0.25, 0.3) is 11.5 Å². The zero-order chi connectivity index (χ0) is 28.7. The summed E-state index contributed by atoms with van der Waals surface area (Å²) in [6.07, 6.45) is 3.49. The average Bonchev–Trinajstić information content (AvgIpc) is 3.34. The van der Waals surface area contributed by atoms with E-state index in [2.05, 4.69) is 15.3 Å². The number of imidazole rings is 1. The first kappa shape index (κ1) is 25.9. The molecular formula is C31H23F2N5O3. The zero-order valence-corrected chi connectivity index (χ0v) is 22.1. The second kappa shape index (κ2) is 10.3. The zero-order valence-electron chi connectivity index (χ0n) is 22.1. The van der Waals surface area contributed by atoms with Gasteiger partial charge in [-0.15, -0.1) is 0 Å². The molecule has 0 bridgehead atoms. The number of anilines is 1. The number of benzene rings is 3. The van der Waals surface area contributed by atoms with E-state index in [9.17, 15) is 14.0 Å². The third-order valence-corrected chi connectivity index (χ3v) is 6.92. The van der Waals surface area contributed by atoms with Gasteiger partial charge in [0, 0.05) is 36.8 Å². The van der Waals surface area contributed by atoms with Crippen molar-refractivity contribution < 1.29 is 18.3 Å². The van der Waals surface area contributed by atoms with Crippen molar-refractivity contribution in [3.8, 4) is 11.4 Å². The molecule has 6 aromatic rings. The van der Waals surface area contributed by atoms with Gasteiger partial charge in [0.15, 0.2) is 0 Å². The molecule has 0 aliphatic rings. The van der Waals surface area contributed by atoms with Gasteiger partial charge in [-0.1, -0.05) is 6.07 Å². The maximum atomic E-state index is 15.2. The first-order valence-electron chi connectivity index (χ1n) is 12.7. The molecule has 0 spiro atoms. The maximum absolute atomic E-state index is 15.2. The number of ether oxygens (including phenoxy) is 1. The number of halogens is 2. The number of hydrogen-bond acceptors (Lipinski definition) is 5. The Morgan fingerprint density at radius 1 is 0.927 bits per heavy atom. The Balaban J connectivity index is 1.30. The highest BCUT2D eigenvalue weighted by atomic mass is 19.1. The normalized spacial score (nSPS) is 11.2. The number of pyridine rings is 2. The smallest absolute Gasteiger partial charge is 0.269 e. The fourth-order valence-electron chi connectivity index (χ4n) is 4.86. The first-order valence-corrected chi connectivity index (χ1v) is 12.7. The number of nitrogens with one attached hydrogen (secondary N) is 1. The van der Waals surface area contributed by atoms with Crippen molar-refractivity contribution >= 4 is 33.7 Å².